The van der Waals surface area contributed by atoms with Crippen LogP contribution in [0, 0.1) is 5.92 Å². The molecule has 1 atom stereocenters. The molecule has 1 saturated carbocycles. The predicted octanol–water partition coefficient (Wildman–Crippen LogP) is 0.669. The molecule has 0 aromatic carbocycles. The van der Waals surface area contributed by atoms with E-state index >= 15 is 0 Å². The molecular weight excluding hydrogens is 324 g/mol. The van der Waals surface area contributed by atoms with Crippen molar-refractivity contribution in [2.75, 3.05) is 20.7 Å². The van der Waals surface area contributed by atoms with Gasteiger partial charge >= 0.3 is 11.9 Å². The molecule has 1 N–H and O–H groups in total. The predicted molar refractivity (Wildman–Crippen MR) is 90.4 cm³/mol. The van der Waals surface area contributed by atoms with Crippen LogP contribution in [0.2, 0.25) is 0 Å². The molecule has 0 aromatic heterocycles. The van der Waals surface area contributed by atoms with E-state index < -0.39 is 17.9 Å². The zero-order valence-electron chi connectivity index (χ0n) is 14.5. The SMILES string of the molecule is COC1=CC=NC2=[N+](C)C(=O)N(CC(=O)NC3CCCCC3)C(=O)C12. The summed E-state index contributed by atoms with van der Waals surface area (Å²) in [4.78, 5) is 42.7. The molecule has 0 bridgehead atoms. The quantitative estimate of drug-likeness (QED) is 0.757. The first-order valence-electron chi connectivity index (χ1n) is 8.56. The lowest BCUT2D eigenvalue weighted by molar-refractivity contribution is -0.408. The highest BCUT2D eigenvalue weighted by molar-refractivity contribution is 6.16. The van der Waals surface area contributed by atoms with Crippen LogP contribution in [0.1, 0.15) is 32.1 Å². The molecule has 1 aliphatic carbocycles. The van der Waals surface area contributed by atoms with E-state index in [-0.39, 0.29) is 18.5 Å². The zero-order chi connectivity index (χ0) is 18.0. The van der Waals surface area contributed by atoms with Gasteiger partial charge in [0.15, 0.2) is 12.5 Å². The topological polar surface area (TPSA) is 91.1 Å². The first kappa shape index (κ1) is 17.3. The van der Waals surface area contributed by atoms with Gasteiger partial charge in [-0.1, -0.05) is 19.3 Å². The number of aliphatic imine (C=N–C) groups is 1. The van der Waals surface area contributed by atoms with Crippen molar-refractivity contribution in [3.8, 4) is 0 Å². The molecule has 25 heavy (non-hydrogen) atoms. The molecule has 0 saturated heterocycles. The summed E-state index contributed by atoms with van der Waals surface area (Å²) in [5.41, 5.74) is 0. The summed E-state index contributed by atoms with van der Waals surface area (Å²) in [6.45, 7) is -0.289. The Labute approximate surface area is 146 Å². The summed E-state index contributed by atoms with van der Waals surface area (Å²) in [5.74, 6) is -0.861. The maximum Gasteiger partial charge on any atom is 0.446 e. The van der Waals surface area contributed by atoms with E-state index in [4.69, 9.17) is 4.74 Å². The lowest BCUT2D eigenvalue weighted by Gasteiger charge is -2.28. The Morgan fingerprint density at radius 1 is 1.36 bits per heavy atom. The van der Waals surface area contributed by atoms with Crippen molar-refractivity contribution in [3.05, 3.63) is 11.8 Å². The number of hydrogen-bond acceptors (Lipinski definition) is 5. The average Bonchev–Trinajstić information content (AvgIpc) is 2.63. The van der Waals surface area contributed by atoms with Crippen LogP contribution in [-0.4, -0.2) is 66.1 Å². The summed E-state index contributed by atoms with van der Waals surface area (Å²) in [6.07, 6.45) is 8.35. The Morgan fingerprint density at radius 3 is 2.76 bits per heavy atom. The van der Waals surface area contributed by atoms with Crippen LogP contribution >= 0.6 is 0 Å². The van der Waals surface area contributed by atoms with Crippen LogP contribution in [0.5, 0.6) is 0 Å². The molecule has 2 heterocycles. The number of nitrogens with zero attached hydrogens (tertiary/aromatic N) is 3. The lowest BCUT2D eigenvalue weighted by Crippen LogP contribution is -2.57. The number of amidine groups is 1. The normalized spacial score (nSPS) is 24.2. The van der Waals surface area contributed by atoms with Gasteiger partial charge in [-0.25, -0.2) is 4.79 Å². The number of carbonyl (C=O) groups excluding carboxylic acids is 3. The van der Waals surface area contributed by atoms with Gasteiger partial charge in [-0.05, 0) is 12.8 Å². The maximum atomic E-state index is 12.8. The third-order valence-corrected chi connectivity index (χ3v) is 4.87. The second-order valence-electron chi connectivity index (χ2n) is 6.51. The third kappa shape index (κ3) is 3.33. The number of urea groups is 1. The van der Waals surface area contributed by atoms with Crippen molar-refractivity contribution in [3.63, 3.8) is 0 Å². The molecule has 0 aromatic rings. The van der Waals surface area contributed by atoms with Gasteiger partial charge in [-0.15, -0.1) is 4.99 Å². The number of imide groups is 1. The molecule has 0 spiro atoms. The summed E-state index contributed by atoms with van der Waals surface area (Å²) in [5, 5.41) is 2.93. The molecule has 2 aliphatic heterocycles. The summed E-state index contributed by atoms with van der Waals surface area (Å²) < 4.78 is 6.55. The summed E-state index contributed by atoms with van der Waals surface area (Å²) in [6, 6.07) is -0.422. The highest BCUT2D eigenvalue weighted by atomic mass is 16.5. The molecule has 134 valence electrons. The van der Waals surface area contributed by atoms with Crippen molar-refractivity contribution < 1.29 is 23.7 Å². The van der Waals surface area contributed by atoms with E-state index in [2.05, 4.69) is 10.3 Å². The van der Waals surface area contributed by atoms with Gasteiger partial charge in [-0.3, -0.25) is 9.59 Å². The first-order valence-corrected chi connectivity index (χ1v) is 8.56. The number of fused-ring (bicyclic) bond motifs is 1. The van der Waals surface area contributed by atoms with E-state index in [1.807, 2.05) is 0 Å². The molecule has 3 rings (SSSR count). The van der Waals surface area contributed by atoms with Crippen LogP contribution in [0.25, 0.3) is 0 Å². The number of nitrogens with one attached hydrogen (secondary N) is 1. The van der Waals surface area contributed by atoms with E-state index in [1.54, 1.807) is 13.1 Å². The summed E-state index contributed by atoms with van der Waals surface area (Å²) in [7, 11) is 3.01. The minimum Gasteiger partial charge on any atom is -0.499 e. The Hall–Kier alpha value is -2.51. The molecule has 8 nitrogen and oxygen atoms in total. The number of hydrogen-bond donors (Lipinski definition) is 1. The molecule has 8 heteroatoms. The number of dihydropyridines is 1. The second kappa shape index (κ2) is 7.16. The van der Waals surface area contributed by atoms with Crippen molar-refractivity contribution in [2.45, 2.75) is 38.1 Å². The van der Waals surface area contributed by atoms with Crippen LogP contribution in [0.3, 0.4) is 0 Å². The van der Waals surface area contributed by atoms with Gasteiger partial charge in [0.25, 0.3) is 11.7 Å². The van der Waals surface area contributed by atoms with Crippen LogP contribution in [0.4, 0.5) is 4.79 Å². The monoisotopic (exact) mass is 347 g/mol. The number of methoxy groups -OCH3 is 1. The van der Waals surface area contributed by atoms with Crippen LogP contribution in [0.15, 0.2) is 16.8 Å². The molecule has 4 amide bonds. The van der Waals surface area contributed by atoms with E-state index in [1.165, 1.54) is 24.3 Å². The van der Waals surface area contributed by atoms with Gasteiger partial charge in [0.05, 0.1) is 14.2 Å². The van der Waals surface area contributed by atoms with E-state index in [0.717, 1.165) is 30.6 Å². The number of carbonyl (C=O) groups is 3. The van der Waals surface area contributed by atoms with Crippen LogP contribution in [-0.2, 0) is 14.3 Å². The number of ether oxygens (including phenoxy) is 1. The average molecular weight is 347 g/mol. The Morgan fingerprint density at radius 2 is 2.08 bits per heavy atom. The van der Waals surface area contributed by atoms with Gasteiger partial charge in [0, 0.05) is 12.1 Å². The third-order valence-electron chi connectivity index (χ3n) is 4.87. The number of amides is 4. The van der Waals surface area contributed by atoms with Gasteiger partial charge < -0.3 is 10.1 Å². The molecular formula is C17H23N4O4+. The minimum atomic E-state index is -0.791. The van der Waals surface area contributed by atoms with Crippen molar-refractivity contribution in [1.29, 1.82) is 0 Å². The Balaban J connectivity index is 1.75. The standard InChI is InChI=1S/C17H22N4O4/c1-20-15-14(12(25-2)8-9-18-15)16(23)21(17(20)24)10-13(22)19-11-6-4-3-5-7-11/h8-9,11,14H,3-7,10H2,1-2H3/p+1. The van der Waals surface area contributed by atoms with Crippen molar-refractivity contribution in [1.82, 2.24) is 10.2 Å². The highest BCUT2D eigenvalue weighted by Crippen LogP contribution is 2.24. The smallest absolute Gasteiger partial charge is 0.446 e. The number of allylic oxidation sites excluding steroid dienone is 1. The van der Waals surface area contributed by atoms with Gasteiger partial charge in [0.2, 0.25) is 0 Å². The molecule has 3 aliphatic rings. The first-order chi connectivity index (χ1) is 12.0. The lowest BCUT2D eigenvalue weighted by atomic mass is 9.95. The fraction of sp³-hybridized carbons (Fsp3) is 0.588. The number of rotatable bonds is 4. The maximum absolute atomic E-state index is 12.8. The minimum absolute atomic E-state index is 0.129. The van der Waals surface area contributed by atoms with Crippen molar-refractivity contribution in [2.24, 2.45) is 10.9 Å². The molecule has 1 unspecified atom stereocenters. The molecule has 0 radical (unpaired) electrons. The van der Waals surface area contributed by atoms with E-state index in [0.29, 0.717) is 11.6 Å². The van der Waals surface area contributed by atoms with E-state index in [9.17, 15) is 14.4 Å². The fourth-order valence-corrected chi connectivity index (χ4v) is 3.52. The zero-order valence-corrected chi connectivity index (χ0v) is 14.5. The summed E-state index contributed by atoms with van der Waals surface area (Å²) >= 11 is 0. The Bertz CT molecular complexity index is 689. The second-order valence-corrected chi connectivity index (χ2v) is 6.51. The fourth-order valence-electron chi connectivity index (χ4n) is 3.52. The van der Waals surface area contributed by atoms with Gasteiger partial charge in [-0.2, -0.15) is 9.48 Å². The van der Waals surface area contributed by atoms with Crippen LogP contribution < -0.4 is 5.32 Å². The Kier molecular flexibility index (Phi) is 4.96. The van der Waals surface area contributed by atoms with Crippen molar-refractivity contribution >= 4 is 29.9 Å². The highest BCUT2D eigenvalue weighted by Gasteiger charge is 2.50. The molecule has 1 fully saturated rings. The largest absolute Gasteiger partial charge is 0.499 e. The van der Waals surface area contributed by atoms with Gasteiger partial charge in [0.1, 0.15) is 12.0 Å².